The maximum atomic E-state index is 12.5. The number of hydrogen-bond acceptors (Lipinski definition) is 6. The third-order valence-corrected chi connectivity index (χ3v) is 3.81. The van der Waals surface area contributed by atoms with E-state index < -0.39 is 23.9 Å². The lowest BCUT2D eigenvalue weighted by Crippen LogP contribution is -2.35. The highest BCUT2D eigenvalue weighted by Crippen LogP contribution is 2.24. The second-order valence-electron chi connectivity index (χ2n) is 5.44. The van der Waals surface area contributed by atoms with E-state index in [2.05, 4.69) is 15.3 Å². The highest BCUT2D eigenvalue weighted by atomic mass is 16.6. The lowest BCUT2D eigenvalue weighted by molar-refractivity contribution is -0.161. The highest BCUT2D eigenvalue weighted by molar-refractivity contribution is 5.93. The van der Waals surface area contributed by atoms with Crippen LogP contribution >= 0.6 is 0 Å². The van der Waals surface area contributed by atoms with Gasteiger partial charge in [-0.3, -0.25) is 4.79 Å². The van der Waals surface area contributed by atoms with Gasteiger partial charge >= 0.3 is 11.9 Å². The number of H-pyrrole nitrogens is 1. The monoisotopic (exact) mass is 314 g/mol. The Labute approximate surface area is 133 Å². The summed E-state index contributed by atoms with van der Waals surface area (Å²) in [5.41, 5.74) is 6.30. The zero-order valence-electron chi connectivity index (χ0n) is 12.5. The molecule has 120 valence electrons. The minimum absolute atomic E-state index is 0.275. The molecule has 0 amide bonds. The molecule has 1 aliphatic rings. The molecular formula is C16H18N4O3. The van der Waals surface area contributed by atoms with Gasteiger partial charge < -0.3 is 20.8 Å². The third-order valence-electron chi connectivity index (χ3n) is 3.81. The molecule has 1 aliphatic heterocycles. The standard InChI is InChI=1S/C16H18N4O3/c17-12-9-19-14(20-12)13(10-5-2-1-3-6-10)16(22)23-15(21)11-7-4-8-18-11/h1-3,5-6,9,11,13,18H,4,7-8,17H2,(H,19,20)/t11?,13-/m0/s1. The number of aromatic amines is 1. The zero-order chi connectivity index (χ0) is 16.2. The van der Waals surface area contributed by atoms with Gasteiger partial charge in [0.05, 0.1) is 0 Å². The van der Waals surface area contributed by atoms with Gasteiger partial charge in [0, 0.05) is 6.20 Å². The van der Waals surface area contributed by atoms with E-state index in [-0.39, 0.29) is 5.82 Å². The molecule has 23 heavy (non-hydrogen) atoms. The van der Waals surface area contributed by atoms with Gasteiger partial charge in [0.25, 0.3) is 0 Å². The number of aromatic nitrogens is 2. The van der Waals surface area contributed by atoms with Crippen molar-refractivity contribution in [2.75, 3.05) is 12.3 Å². The van der Waals surface area contributed by atoms with Crippen molar-refractivity contribution in [1.29, 1.82) is 0 Å². The van der Waals surface area contributed by atoms with Crippen LogP contribution in [0.15, 0.2) is 36.5 Å². The van der Waals surface area contributed by atoms with E-state index in [1.807, 2.05) is 18.2 Å². The molecule has 0 bridgehead atoms. The lowest BCUT2D eigenvalue weighted by Gasteiger charge is -2.15. The number of benzene rings is 1. The van der Waals surface area contributed by atoms with E-state index in [0.29, 0.717) is 17.8 Å². The Bertz CT molecular complexity index is 692. The molecule has 0 aliphatic carbocycles. The molecular weight excluding hydrogens is 296 g/mol. The summed E-state index contributed by atoms with van der Waals surface area (Å²) in [7, 11) is 0. The molecule has 0 spiro atoms. The first-order valence-corrected chi connectivity index (χ1v) is 7.50. The van der Waals surface area contributed by atoms with Crippen LogP contribution in [0, 0.1) is 0 Å². The molecule has 2 aromatic rings. The Hall–Kier alpha value is -2.67. The normalized spacial score (nSPS) is 18.5. The fourth-order valence-corrected chi connectivity index (χ4v) is 2.67. The first-order valence-electron chi connectivity index (χ1n) is 7.50. The summed E-state index contributed by atoms with van der Waals surface area (Å²) in [5.74, 6) is -1.40. The molecule has 4 N–H and O–H groups in total. The maximum Gasteiger partial charge on any atom is 0.330 e. The number of rotatable bonds is 4. The number of carbonyl (C=O) groups is 2. The maximum absolute atomic E-state index is 12.5. The highest BCUT2D eigenvalue weighted by Gasteiger charge is 2.32. The average Bonchev–Trinajstić information content (AvgIpc) is 3.20. The molecule has 1 aromatic heterocycles. The quantitative estimate of drug-likeness (QED) is 0.572. The SMILES string of the molecule is Nc1c[nH]c([C@@H](C(=O)OC(=O)C2CCCN2)c2ccccc2)n1. The number of imidazole rings is 1. The van der Waals surface area contributed by atoms with Gasteiger partial charge in [-0.15, -0.1) is 0 Å². The molecule has 2 atom stereocenters. The van der Waals surface area contributed by atoms with Crippen LogP contribution in [-0.4, -0.2) is 34.5 Å². The minimum atomic E-state index is -0.821. The summed E-state index contributed by atoms with van der Waals surface area (Å²) in [5, 5.41) is 3.01. The second-order valence-corrected chi connectivity index (χ2v) is 5.44. The van der Waals surface area contributed by atoms with E-state index in [0.717, 1.165) is 13.0 Å². The number of carbonyl (C=O) groups excluding carboxylic acids is 2. The number of ether oxygens (including phenoxy) is 1. The summed E-state index contributed by atoms with van der Waals surface area (Å²) in [4.78, 5) is 31.6. The molecule has 1 fully saturated rings. The zero-order valence-corrected chi connectivity index (χ0v) is 12.5. The second kappa shape index (κ2) is 6.62. The molecule has 7 nitrogen and oxygen atoms in total. The van der Waals surface area contributed by atoms with Crippen LogP contribution in [0.25, 0.3) is 0 Å². The van der Waals surface area contributed by atoms with Crippen LogP contribution in [0.1, 0.15) is 30.1 Å². The van der Waals surface area contributed by atoms with Gasteiger partial charge in [-0.05, 0) is 24.9 Å². The summed E-state index contributed by atoms with van der Waals surface area (Å²) in [6, 6.07) is 8.60. The van der Waals surface area contributed by atoms with Crippen LogP contribution < -0.4 is 11.1 Å². The van der Waals surface area contributed by atoms with Gasteiger partial charge in [0.2, 0.25) is 0 Å². The number of hydrogen-bond donors (Lipinski definition) is 3. The van der Waals surface area contributed by atoms with E-state index in [1.165, 1.54) is 6.20 Å². The molecule has 0 radical (unpaired) electrons. The molecule has 2 heterocycles. The van der Waals surface area contributed by atoms with Crippen molar-refractivity contribution in [2.24, 2.45) is 0 Å². The Morgan fingerprint density at radius 1 is 1.30 bits per heavy atom. The summed E-state index contributed by atoms with van der Waals surface area (Å²) >= 11 is 0. The molecule has 7 heteroatoms. The Morgan fingerprint density at radius 3 is 2.70 bits per heavy atom. The fourth-order valence-electron chi connectivity index (χ4n) is 2.67. The van der Waals surface area contributed by atoms with E-state index in [9.17, 15) is 9.59 Å². The molecule has 1 saturated heterocycles. The third kappa shape index (κ3) is 3.40. The average molecular weight is 314 g/mol. The molecule has 0 saturated carbocycles. The van der Waals surface area contributed by atoms with Gasteiger partial charge in [0.1, 0.15) is 23.6 Å². The van der Waals surface area contributed by atoms with Crippen LogP contribution in [0.5, 0.6) is 0 Å². The van der Waals surface area contributed by atoms with Crippen molar-refractivity contribution in [1.82, 2.24) is 15.3 Å². The minimum Gasteiger partial charge on any atom is -0.391 e. The van der Waals surface area contributed by atoms with Crippen LogP contribution in [0.3, 0.4) is 0 Å². The predicted octanol–water partition coefficient (Wildman–Crippen LogP) is 0.946. The van der Waals surface area contributed by atoms with Crippen molar-refractivity contribution in [3.05, 3.63) is 47.9 Å². The molecule has 3 rings (SSSR count). The fraction of sp³-hybridized carbons (Fsp3) is 0.312. The number of nitrogens with zero attached hydrogens (tertiary/aromatic N) is 1. The molecule has 1 aromatic carbocycles. The van der Waals surface area contributed by atoms with Gasteiger partial charge in [-0.2, -0.15) is 0 Å². The van der Waals surface area contributed by atoms with E-state index in [1.54, 1.807) is 12.1 Å². The van der Waals surface area contributed by atoms with Gasteiger partial charge in [-0.25, -0.2) is 9.78 Å². The summed E-state index contributed by atoms with van der Waals surface area (Å²) in [6.45, 7) is 0.755. The van der Waals surface area contributed by atoms with E-state index in [4.69, 9.17) is 10.5 Å². The Balaban J connectivity index is 1.83. The van der Waals surface area contributed by atoms with Crippen LogP contribution in [-0.2, 0) is 14.3 Å². The van der Waals surface area contributed by atoms with Crippen LogP contribution in [0.4, 0.5) is 5.82 Å². The number of nitrogens with one attached hydrogen (secondary N) is 2. The van der Waals surface area contributed by atoms with Crippen molar-refractivity contribution < 1.29 is 14.3 Å². The van der Waals surface area contributed by atoms with Crippen molar-refractivity contribution in [3.63, 3.8) is 0 Å². The number of nitrogen functional groups attached to an aromatic ring is 1. The summed E-state index contributed by atoms with van der Waals surface area (Å²) < 4.78 is 5.07. The van der Waals surface area contributed by atoms with E-state index >= 15 is 0 Å². The first-order chi connectivity index (χ1) is 11.1. The van der Waals surface area contributed by atoms with Crippen LogP contribution in [0.2, 0.25) is 0 Å². The van der Waals surface area contributed by atoms with Crippen molar-refractivity contribution in [3.8, 4) is 0 Å². The van der Waals surface area contributed by atoms with Gasteiger partial charge in [0.15, 0.2) is 0 Å². The van der Waals surface area contributed by atoms with Crippen molar-refractivity contribution >= 4 is 17.8 Å². The largest absolute Gasteiger partial charge is 0.391 e. The predicted molar refractivity (Wildman–Crippen MR) is 83.4 cm³/mol. The first kappa shape index (κ1) is 15.2. The van der Waals surface area contributed by atoms with Crippen molar-refractivity contribution in [2.45, 2.75) is 24.8 Å². The Morgan fingerprint density at radius 2 is 2.09 bits per heavy atom. The topological polar surface area (TPSA) is 110 Å². The van der Waals surface area contributed by atoms with Gasteiger partial charge in [-0.1, -0.05) is 30.3 Å². The smallest absolute Gasteiger partial charge is 0.330 e. The number of esters is 2. The lowest BCUT2D eigenvalue weighted by atomic mass is 9.98. The Kier molecular flexibility index (Phi) is 4.38. The number of anilines is 1. The number of nitrogens with two attached hydrogens (primary N) is 1. The molecule has 1 unspecified atom stereocenters. The summed E-state index contributed by atoms with van der Waals surface area (Å²) in [6.07, 6.45) is 3.07.